The van der Waals surface area contributed by atoms with Crippen LogP contribution in [0.25, 0.3) is 0 Å². The average molecular weight is 185 g/mol. The highest BCUT2D eigenvalue weighted by Crippen LogP contribution is 2.26. The highest BCUT2D eigenvalue weighted by Gasteiger charge is 2.28. The van der Waals surface area contributed by atoms with Gasteiger partial charge in [-0.3, -0.25) is 4.79 Å². The van der Waals surface area contributed by atoms with Gasteiger partial charge in [-0.1, -0.05) is 40.7 Å². The van der Waals surface area contributed by atoms with Gasteiger partial charge in [0.25, 0.3) is 9.58 Å². The molecule has 50 valence electrons. The van der Waals surface area contributed by atoms with E-state index in [-0.39, 0.29) is 0 Å². The number of Topliss-reactive ketones (excluding diaryl/α,β-unsaturated/α-hetero) is 1. The molecule has 0 saturated heterocycles. The minimum atomic E-state index is -1.89. The molecule has 9 heavy (non-hydrogen) atoms. The highest BCUT2D eigenvalue weighted by molar-refractivity contribution is 6.77. The molecule has 0 rings (SSSR count). The molecule has 0 unspecified atom stereocenters. The van der Waals surface area contributed by atoms with Gasteiger partial charge in [0.15, 0.2) is 0 Å². The van der Waals surface area contributed by atoms with Gasteiger partial charge in [0.2, 0.25) is 0 Å². The molecule has 0 radical (unpaired) electrons. The summed E-state index contributed by atoms with van der Waals surface area (Å²) in [5.41, 5.74) is 0. The largest absolute Gasteiger partial charge is 0.280 e. The normalized spacial score (nSPS) is 9.78. The molecule has 0 bridgehead atoms. The lowest BCUT2D eigenvalue weighted by atomic mass is 10.4. The fourth-order valence-electron chi connectivity index (χ4n) is 0.184. The summed E-state index contributed by atoms with van der Waals surface area (Å²) in [4.78, 5) is 10.5. The minimum absolute atomic E-state index is 0.699. The Morgan fingerprint density at radius 3 is 2.00 bits per heavy atom. The summed E-state index contributed by atoms with van der Waals surface area (Å²) in [6, 6.07) is 0. The van der Waals surface area contributed by atoms with Crippen LogP contribution in [0, 0.1) is 11.8 Å². The highest BCUT2D eigenvalue weighted by atomic mass is 35.6. The van der Waals surface area contributed by atoms with E-state index in [1.165, 1.54) is 6.92 Å². The van der Waals surface area contributed by atoms with Gasteiger partial charge >= 0.3 is 0 Å². The Labute approximate surface area is 68.3 Å². The van der Waals surface area contributed by atoms with Crippen molar-refractivity contribution in [1.29, 1.82) is 0 Å². The van der Waals surface area contributed by atoms with Crippen molar-refractivity contribution in [3.63, 3.8) is 0 Å². The van der Waals surface area contributed by atoms with Crippen molar-refractivity contribution in [3.05, 3.63) is 0 Å². The van der Waals surface area contributed by atoms with Crippen LogP contribution >= 0.6 is 34.8 Å². The molecule has 1 nitrogen and oxygen atoms in total. The summed E-state index contributed by atoms with van der Waals surface area (Å²) in [7, 11) is 0. The first-order chi connectivity index (χ1) is 3.98. The lowest BCUT2D eigenvalue weighted by Crippen LogP contribution is -2.15. The Balaban J connectivity index is 4.17. The van der Waals surface area contributed by atoms with Gasteiger partial charge in [-0.2, -0.15) is 0 Å². The fraction of sp³-hybridized carbons (Fsp3) is 0.400. The Morgan fingerprint density at radius 1 is 1.44 bits per heavy atom. The molecule has 0 spiro atoms. The van der Waals surface area contributed by atoms with Crippen LogP contribution in [-0.2, 0) is 4.79 Å². The van der Waals surface area contributed by atoms with Gasteiger partial charge in [0.1, 0.15) is 0 Å². The van der Waals surface area contributed by atoms with Crippen LogP contribution in [0.15, 0.2) is 0 Å². The standard InChI is InChI=1S/C5H3Cl3O/c1-2-3-4(9)5(6,7)8/h1H3. The summed E-state index contributed by atoms with van der Waals surface area (Å²) < 4.78 is -1.89. The number of rotatable bonds is 0. The lowest BCUT2D eigenvalue weighted by molar-refractivity contribution is -0.113. The third-order valence-electron chi connectivity index (χ3n) is 0.496. The Morgan fingerprint density at radius 2 is 1.89 bits per heavy atom. The molecule has 0 heterocycles. The van der Waals surface area contributed by atoms with Gasteiger partial charge in [0, 0.05) is 0 Å². The van der Waals surface area contributed by atoms with E-state index < -0.39 is 9.58 Å². The monoisotopic (exact) mass is 184 g/mol. The molecule has 4 heteroatoms. The zero-order chi connectivity index (χ0) is 7.49. The molecule has 0 aliphatic rings. The molecule has 0 fully saturated rings. The van der Waals surface area contributed by atoms with Gasteiger partial charge < -0.3 is 0 Å². The van der Waals surface area contributed by atoms with E-state index in [1.54, 1.807) is 0 Å². The first-order valence-electron chi connectivity index (χ1n) is 2.02. The van der Waals surface area contributed by atoms with Crippen molar-refractivity contribution in [2.75, 3.05) is 0 Å². The van der Waals surface area contributed by atoms with Crippen molar-refractivity contribution in [3.8, 4) is 11.8 Å². The third-order valence-corrected chi connectivity index (χ3v) is 1.01. The molecule has 0 atom stereocenters. The number of hydrogen-bond acceptors (Lipinski definition) is 1. The van der Waals surface area contributed by atoms with Gasteiger partial charge in [0.05, 0.1) is 0 Å². The van der Waals surface area contributed by atoms with Gasteiger partial charge in [-0.25, -0.2) is 0 Å². The van der Waals surface area contributed by atoms with Crippen molar-refractivity contribution >= 4 is 40.6 Å². The topological polar surface area (TPSA) is 17.1 Å². The molecular weight excluding hydrogens is 182 g/mol. The van der Waals surface area contributed by atoms with E-state index in [4.69, 9.17) is 34.8 Å². The summed E-state index contributed by atoms with van der Waals surface area (Å²) in [6.45, 7) is 1.49. The number of alkyl halides is 3. The van der Waals surface area contributed by atoms with Crippen molar-refractivity contribution in [2.24, 2.45) is 0 Å². The van der Waals surface area contributed by atoms with Crippen LogP contribution in [0.3, 0.4) is 0 Å². The summed E-state index contributed by atoms with van der Waals surface area (Å²) in [5, 5.41) is 0. The molecule has 0 saturated carbocycles. The molecule has 0 aliphatic heterocycles. The maximum Gasteiger partial charge on any atom is 0.261 e. The second-order valence-corrected chi connectivity index (χ2v) is 3.48. The molecule has 0 aliphatic carbocycles. The van der Waals surface area contributed by atoms with Crippen LogP contribution in [-0.4, -0.2) is 9.58 Å². The second-order valence-electron chi connectivity index (χ2n) is 1.20. The van der Waals surface area contributed by atoms with E-state index in [1.807, 2.05) is 0 Å². The Bertz CT molecular complexity index is 169. The number of hydrogen-bond donors (Lipinski definition) is 0. The maximum atomic E-state index is 10.5. The minimum Gasteiger partial charge on any atom is -0.280 e. The first-order valence-corrected chi connectivity index (χ1v) is 3.15. The smallest absolute Gasteiger partial charge is 0.261 e. The zero-order valence-electron chi connectivity index (χ0n) is 4.54. The first kappa shape index (κ1) is 9.10. The van der Waals surface area contributed by atoms with Crippen molar-refractivity contribution < 1.29 is 4.79 Å². The van der Waals surface area contributed by atoms with E-state index >= 15 is 0 Å². The predicted molar refractivity (Wildman–Crippen MR) is 38.7 cm³/mol. The molecule has 0 amide bonds. The lowest BCUT2D eigenvalue weighted by Gasteiger charge is -2.00. The van der Waals surface area contributed by atoms with E-state index in [0.717, 1.165) is 0 Å². The number of carbonyl (C=O) groups excluding carboxylic acids is 1. The van der Waals surface area contributed by atoms with Crippen LogP contribution < -0.4 is 0 Å². The second kappa shape index (κ2) is 3.31. The Kier molecular flexibility index (Phi) is 3.35. The number of halogens is 3. The van der Waals surface area contributed by atoms with Gasteiger partial charge in [-0.05, 0) is 12.8 Å². The van der Waals surface area contributed by atoms with E-state index in [2.05, 4.69) is 11.8 Å². The summed E-state index contributed by atoms with van der Waals surface area (Å²) in [6.07, 6.45) is 0. The van der Waals surface area contributed by atoms with Gasteiger partial charge in [-0.15, -0.1) is 0 Å². The maximum absolute atomic E-state index is 10.5. The predicted octanol–water partition coefficient (Wildman–Crippen LogP) is 1.95. The van der Waals surface area contributed by atoms with Crippen LogP contribution in [0.5, 0.6) is 0 Å². The van der Waals surface area contributed by atoms with E-state index in [9.17, 15) is 4.79 Å². The third kappa shape index (κ3) is 3.64. The quantitative estimate of drug-likeness (QED) is 0.320. The number of carbonyl (C=O) groups is 1. The van der Waals surface area contributed by atoms with Crippen LogP contribution in [0.4, 0.5) is 0 Å². The summed E-state index contributed by atoms with van der Waals surface area (Å²) in [5.74, 6) is 3.72. The molecule has 0 N–H and O–H groups in total. The summed E-state index contributed by atoms with van der Waals surface area (Å²) >= 11 is 15.4. The Hall–Kier alpha value is 0.1000. The molecule has 0 aromatic heterocycles. The van der Waals surface area contributed by atoms with Crippen molar-refractivity contribution in [1.82, 2.24) is 0 Å². The van der Waals surface area contributed by atoms with E-state index in [0.29, 0.717) is 0 Å². The van der Waals surface area contributed by atoms with Crippen molar-refractivity contribution in [2.45, 2.75) is 10.7 Å². The fourth-order valence-corrected chi connectivity index (χ4v) is 0.326. The zero-order valence-corrected chi connectivity index (χ0v) is 6.81. The van der Waals surface area contributed by atoms with Crippen LogP contribution in [0.1, 0.15) is 6.92 Å². The molecular formula is C5H3Cl3O. The molecule has 0 aromatic rings. The number of ketones is 1. The average Bonchev–Trinajstić information content (AvgIpc) is 1.64. The van der Waals surface area contributed by atoms with Crippen LogP contribution in [0.2, 0.25) is 0 Å². The SMILES string of the molecule is CC#CC(=O)C(Cl)(Cl)Cl. The molecule has 0 aromatic carbocycles.